The van der Waals surface area contributed by atoms with Crippen LogP contribution < -0.4 is 0 Å². The van der Waals surface area contributed by atoms with E-state index in [1.165, 1.54) is 0 Å². The van der Waals surface area contributed by atoms with Gasteiger partial charge >= 0.3 is 0 Å². The van der Waals surface area contributed by atoms with Gasteiger partial charge in [-0.25, -0.2) is 0 Å². The highest BCUT2D eigenvalue weighted by atomic mass is 32.2. The van der Waals surface area contributed by atoms with Gasteiger partial charge < -0.3 is 4.90 Å². The summed E-state index contributed by atoms with van der Waals surface area (Å²) in [6.45, 7) is 6.24. The van der Waals surface area contributed by atoms with Gasteiger partial charge in [0.2, 0.25) is 5.91 Å². The molecule has 1 amide bonds. The Morgan fingerprint density at radius 1 is 0.826 bits per heavy atom. The van der Waals surface area contributed by atoms with Crippen LogP contribution in [0.2, 0.25) is 0 Å². The molecular weight excluding hydrogens is 314 g/mol. The first-order chi connectivity index (χ1) is 11.0. The number of rotatable bonds is 3. The van der Waals surface area contributed by atoms with E-state index in [0.717, 1.165) is 38.8 Å². The minimum Gasteiger partial charge on any atom is -0.342 e. The van der Waals surface area contributed by atoms with Gasteiger partial charge in [0.25, 0.3) is 10.2 Å². The highest BCUT2D eigenvalue weighted by Gasteiger charge is 2.37. The van der Waals surface area contributed by atoms with Crippen molar-refractivity contribution in [2.24, 2.45) is 11.8 Å². The zero-order valence-corrected chi connectivity index (χ0v) is 14.9. The summed E-state index contributed by atoms with van der Waals surface area (Å²) in [5.41, 5.74) is 0. The number of amides is 1. The molecule has 0 aliphatic carbocycles. The summed E-state index contributed by atoms with van der Waals surface area (Å²) < 4.78 is 28.3. The highest BCUT2D eigenvalue weighted by Crippen LogP contribution is 2.26. The fourth-order valence-corrected chi connectivity index (χ4v) is 5.62. The molecule has 0 atom stereocenters. The van der Waals surface area contributed by atoms with Crippen LogP contribution >= 0.6 is 0 Å². The maximum absolute atomic E-state index is 12.6. The van der Waals surface area contributed by atoms with Gasteiger partial charge in [-0.05, 0) is 44.4 Å². The van der Waals surface area contributed by atoms with E-state index in [0.29, 0.717) is 44.9 Å². The standard InChI is InChI=1S/C16H29N3O3S/c1-14-4-10-17(11-5-14)16(20)15-6-12-19(13-7-15)23(21,22)18-8-2-3-9-18/h14-15H,2-13H2,1H3. The van der Waals surface area contributed by atoms with E-state index in [1.54, 1.807) is 8.61 Å². The molecule has 0 saturated carbocycles. The molecule has 0 aromatic heterocycles. The van der Waals surface area contributed by atoms with Crippen LogP contribution in [-0.2, 0) is 15.0 Å². The van der Waals surface area contributed by atoms with Crippen molar-refractivity contribution >= 4 is 16.1 Å². The van der Waals surface area contributed by atoms with Gasteiger partial charge in [0, 0.05) is 45.2 Å². The number of hydrogen-bond acceptors (Lipinski definition) is 3. The maximum atomic E-state index is 12.6. The molecule has 3 fully saturated rings. The molecule has 3 aliphatic rings. The topological polar surface area (TPSA) is 60.9 Å². The summed E-state index contributed by atoms with van der Waals surface area (Å²) in [4.78, 5) is 14.6. The molecule has 0 bridgehead atoms. The summed E-state index contributed by atoms with van der Waals surface area (Å²) in [5.74, 6) is 0.968. The van der Waals surface area contributed by atoms with Crippen molar-refractivity contribution in [3.05, 3.63) is 0 Å². The molecule has 3 rings (SSSR count). The quantitative estimate of drug-likeness (QED) is 0.776. The summed E-state index contributed by atoms with van der Waals surface area (Å²) >= 11 is 0. The van der Waals surface area contributed by atoms with Crippen LogP contribution in [0, 0.1) is 11.8 Å². The van der Waals surface area contributed by atoms with E-state index in [1.807, 2.05) is 4.90 Å². The van der Waals surface area contributed by atoms with E-state index in [9.17, 15) is 13.2 Å². The smallest absolute Gasteiger partial charge is 0.281 e. The lowest BCUT2D eigenvalue weighted by Crippen LogP contribution is -2.49. The largest absolute Gasteiger partial charge is 0.342 e. The molecule has 0 aromatic carbocycles. The Labute approximate surface area is 140 Å². The Morgan fingerprint density at radius 2 is 1.35 bits per heavy atom. The van der Waals surface area contributed by atoms with Gasteiger partial charge in [0.05, 0.1) is 0 Å². The van der Waals surface area contributed by atoms with Crippen molar-refractivity contribution in [2.45, 2.75) is 45.4 Å². The lowest BCUT2D eigenvalue weighted by molar-refractivity contribution is -0.138. The molecule has 7 heteroatoms. The van der Waals surface area contributed by atoms with E-state index >= 15 is 0 Å². The normalized spacial score (nSPS) is 26.7. The first-order valence-corrected chi connectivity index (χ1v) is 10.4. The van der Waals surface area contributed by atoms with Crippen LogP contribution in [0.15, 0.2) is 0 Å². The van der Waals surface area contributed by atoms with Gasteiger partial charge in [-0.2, -0.15) is 17.0 Å². The van der Waals surface area contributed by atoms with Crippen LogP contribution in [0.1, 0.15) is 45.4 Å². The number of piperidine rings is 2. The van der Waals surface area contributed by atoms with E-state index in [4.69, 9.17) is 0 Å². The second-order valence-electron chi connectivity index (χ2n) is 7.30. The minimum atomic E-state index is -3.30. The Kier molecular flexibility index (Phi) is 5.28. The van der Waals surface area contributed by atoms with E-state index in [2.05, 4.69) is 6.92 Å². The Morgan fingerprint density at radius 3 is 1.91 bits per heavy atom. The van der Waals surface area contributed by atoms with E-state index < -0.39 is 10.2 Å². The van der Waals surface area contributed by atoms with Crippen molar-refractivity contribution in [1.82, 2.24) is 13.5 Å². The molecule has 0 aromatic rings. The van der Waals surface area contributed by atoms with Crippen LogP contribution in [-0.4, -0.2) is 67.1 Å². The third kappa shape index (κ3) is 3.72. The predicted molar refractivity (Wildman–Crippen MR) is 89.0 cm³/mol. The van der Waals surface area contributed by atoms with Crippen LogP contribution in [0.3, 0.4) is 0 Å². The first-order valence-electron chi connectivity index (χ1n) is 9.02. The number of likely N-dealkylation sites (tertiary alicyclic amines) is 1. The number of hydrogen-bond donors (Lipinski definition) is 0. The molecule has 23 heavy (non-hydrogen) atoms. The van der Waals surface area contributed by atoms with Gasteiger partial charge in [0.1, 0.15) is 0 Å². The molecule has 3 aliphatic heterocycles. The van der Waals surface area contributed by atoms with Crippen LogP contribution in [0.4, 0.5) is 0 Å². The highest BCUT2D eigenvalue weighted by molar-refractivity contribution is 7.86. The third-order valence-corrected chi connectivity index (χ3v) is 7.65. The van der Waals surface area contributed by atoms with Crippen molar-refractivity contribution in [1.29, 1.82) is 0 Å². The predicted octanol–water partition coefficient (Wildman–Crippen LogP) is 1.30. The SMILES string of the molecule is CC1CCN(C(=O)C2CCN(S(=O)(=O)N3CCCC3)CC2)CC1. The fourth-order valence-electron chi connectivity index (χ4n) is 3.90. The average Bonchev–Trinajstić information content (AvgIpc) is 3.10. The Bertz CT molecular complexity index is 515. The number of nitrogens with zero attached hydrogens (tertiary/aromatic N) is 3. The first kappa shape index (κ1) is 17.2. The van der Waals surface area contributed by atoms with Gasteiger partial charge in [-0.1, -0.05) is 6.92 Å². The lowest BCUT2D eigenvalue weighted by Gasteiger charge is -2.37. The van der Waals surface area contributed by atoms with Gasteiger partial charge in [-0.3, -0.25) is 4.79 Å². The zero-order valence-electron chi connectivity index (χ0n) is 14.1. The fraction of sp³-hybridized carbons (Fsp3) is 0.938. The monoisotopic (exact) mass is 343 g/mol. The maximum Gasteiger partial charge on any atom is 0.281 e. The lowest BCUT2D eigenvalue weighted by atomic mass is 9.93. The molecule has 0 unspecified atom stereocenters. The van der Waals surface area contributed by atoms with Crippen molar-refractivity contribution < 1.29 is 13.2 Å². The molecule has 0 N–H and O–H groups in total. The van der Waals surface area contributed by atoms with Crippen LogP contribution in [0.25, 0.3) is 0 Å². The van der Waals surface area contributed by atoms with E-state index in [-0.39, 0.29) is 11.8 Å². The second-order valence-corrected chi connectivity index (χ2v) is 9.22. The summed E-state index contributed by atoms with van der Waals surface area (Å²) in [7, 11) is -3.30. The van der Waals surface area contributed by atoms with Gasteiger partial charge in [0.15, 0.2) is 0 Å². The summed E-state index contributed by atoms with van der Waals surface area (Å²) in [6, 6.07) is 0. The molecule has 3 heterocycles. The Balaban J connectivity index is 1.53. The summed E-state index contributed by atoms with van der Waals surface area (Å²) in [5, 5.41) is 0. The minimum absolute atomic E-state index is 0.00781. The molecular formula is C16H29N3O3S. The zero-order chi connectivity index (χ0) is 16.4. The van der Waals surface area contributed by atoms with Crippen molar-refractivity contribution in [3.8, 4) is 0 Å². The second kappa shape index (κ2) is 7.07. The average molecular weight is 343 g/mol. The number of carbonyl (C=O) groups is 1. The van der Waals surface area contributed by atoms with Gasteiger partial charge in [-0.15, -0.1) is 0 Å². The van der Waals surface area contributed by atoms with Crippen molar-refractivity contribution in [2.75, 3.05) is 39.3 Å². The van der Waals surface area contributed by atoms with Crippen LogP contribution in [0.5, 0.6) is 0 Å². The number of carbonyl (C=O) groups excluding carboxylic acids is 1. The van der Waals surface area contributed by atoms with Crippen molar-refractivity contribution in [3.63, 3.8) is 0 Å². The molecule has 6 nitrogen and oxygen atoms in total. The third-order valence-electron chi connectivity index (χ3n) is 5.62. The summed E-state index contributed by atoms with van der Waals surface area (Å²) in [6.07, 6.45) is 5.43. The molecule has 3 saturated heterocycles. The Hall–Kier alpha value is -0.660. The molecule has 0 radical (unpaired) electrons. The molecule has 0 spiro atoms. The molecule has 132 valence electrons.